The molecule has 2 N–H and O–H groups in total. The van der Waals surface area contributed by atoms with Crippen LogP contribution < -0.4 is 10.6 Å². The highest BCUT2D eigenvalue weighted by Gasteiger charge is 2.25. The Bertz CT molecular complexity index is 614. The zero-order chi connectivity index (χ0) is 13.4. The lowest BCUT2D eigenvalue weighted by atomic mass is 9.94. The fraction of sp³-hybridized carbons (Fsp3) is 0.286. The van der Waals surface area contributed by atoms with E-state index in [1.54, 1.807) is 0 Å². The van der Waals surface area contributed by atoms with Crippen molar-refractivity contribution in [3.63, 3.8) is 0 Å². The minimum Gasteiger partial charge on any atom is -0.393 e. The first kappa shape index (κ1) is 12.2. The first-order valence-electron chi connectivity index (χ1n) is 6.28. The van der Waals surface area contributed by atoms with Crippen molar-refractivity contribution in [3.05, 3.63) is 41.3 Å². The third-order valence-electron chi connectivity index (χ3n) is 3.41. The molecule has 1 aliphatic heterocycles. The van der Waals surface area contributed by atoms with Gasteiger partial charge in [-0.25, -0.2) is 9.97 Å². The van der Waals surface area contributed by atoms with Gasteiger partial charge in [-0.15, -0.1) is 0 Å². The lowest BCUT2D eigenvalue weighted by Crippen LogP contribution is -2.31. The van der Waals surface area contributed by atoms with Crippen LogP contribution >= 0.6 is 11.6 Å². The number of rotatable bonds is 1. The fourth-order valence-electron chi connectivity index (χ4n) is 2.58. The number of hydrogen-bond donors (Lipinski definition) is 1. The van der Waals surface area contributed by atoms with Crippen LogP contribution in [0.1, 0.15) is 12.5 Å². The summed E-state index contributed by atoms with van der Waals surface area (Å²) in [6.07, 6.45) is 2.53. The summed E-state index contributed by atoms with van der Waals surface area (Å²) in [5, 5.41) is 0.306. The van der Waals surface area contributed by atoms with Crippen LogP contribution in [0, 0.1) is 5.92 Å². The van der Waals surface area contributed by atoms with E-state index in [1.807, 2.05) is 6.07 Å². The Labute approximate surface area is 117 Å². The summed E-state index contributed by atoms with van der Waals surface area (Å²) < 4.78 is 0. The number of anilines is 3. The van der Waals surface area contributed by atoms with Gasteiger partial charge in [0.15, 0.2) is 11.0 Å². The highest BCUT2D eigenvalue weighted by Crippen LogP contribution is 2.37. The second kappa shape index (κ2) is 4.70. The van der Waals surface area contributed by atoms with Gasteiger partial charge in [0.25, 0.3) is 0 Å². The van der Waals surface area contributed by atoms with E-state index in [-0.39, 0.29) is 0 Å². The largest absolute Gasteiger partial charge is 0.393 e. The maximum absolute atomic E-state index is 6.02. The van der Waals surface area contributed by atoms with E-state index >= 15 is 0 Å². The molecule has 1 aromatic heterocycles. The van der Waals surface area contributed by atoms with E-state index in [9.17, 15) is 0 Å². The lowest BCUT2D eigenvalue weighted by molar-refractivity contribution is 0.560. The predicted octanol–water partition coefficient (Wildman–Crippen LogP) is 3.04. The van der Waals surface area contributed by atoms with Gasteiger partial charge in [-0.05, 0) is 24.0 Å². The maximum Gasteiger partial charge on any atom is 0.161 e. The third-order valence-corrected chi connectivity index (χ3v) is 3.72. The molecule has 2 aromatic rings. The SMILES string of the molecule is CC1Cc2ccccc2N(c2ncnc(Cl)c2N)C1. The van der Waals surface area contributed by atoms with Gasteiger partial charge in [0.2, 0.25) is 0 Å². The molecule has 4 nitrogen and oxygen atoms in total. The molecule has 0 spiro atoms. The molecule has 2 heterocycles. The Kier molecular flexibility index (Phi) is 3.03. The van der Waals surface area contributed by atoms with Gasteiger partial charge >= 0.3 is 0 Å². The third kappa shape index (κ3) is 2.12. The first-order valence-corrected chi connectivity index (χ1v) is 6.66. The van der Waals surface area contributed by atoms with E-state index in [1.165, 1.54) is 11.9 Å². The van der Waals surface area contributed by atoms with E-state index < -0.39 is 0 Å². The molecule has 1 atom stereocenters. The molecule has 0 aliphatic carbocycles. The minimum atomic E-state index is 0.306. The molecule has 0 amide bonds. The highest BCUT2D eigenvalue weighted by atomic mass is 35.5. The van der Waals surface area contributed by atoms with Gasteiger partial charge in [0.1, 0.15) is 12.0 Å². The smallest absolute Gasteiger partial charge is 0.161 e. The van der Waals surface area contributed by atoms with Gasteiger partial charge in [-0.1, -0.05) is 36.7 Å². The molecule has 3 rings (SSSR count). The van der Waals surface area contributed by atoms with E-state index in [0.29, 0.717) is 22.6 Å². The minimum absolute atomic E-state index is 0.306. The van der Waals surface area contributed by atoms with Crippen molar-refractivity contribution in [2.45, 2.75) is 13.3 Å². The van der Waals surface area contributed by atoms with Crippen LogP contribution in [0.5, 0.6) is 0 Å². The molecule has 0 saturated heterocycles. The van der Waals surface area contributed by atoms with Crippen LogP contribution in [-0.4, -0.2) is 16.5 Å². The normalized spacial score (nSPS) is 18.2. The van der Waals surface area contributed by atoms with Crippen molar-refractivity contribution in [2.75, 3.05) is 17.2 Å². The molecule has 1 unspecified atom stereocenters. The lowest BCUT2D eigenvalue weighted by Gasteiger charge is -2.34. The van der Waals surface area contributed by atoms with Crippen molar-refractivity contribution < 1.29 is 0 Å². The molecule has 0 fully saturated rings. The second-order valence-corrected chi connectivity index (χ2v) is 5.31. The summed E-state index contributed by atoms with van der Waals surface area (Å²) in [6, 6.07) is 8.33. The number of benzene rings is 1. The average Bonchev–Trinajstić information content (AvgIpc) is 2.41. The van der Waals surface area contributed by atoms with Crippen LogP contribution in [0.3, 0.4) is 0 Å². The van der Waals surface area contributed by atoms with Crippen molar-refractivity contribution in [1.29, 1.82) is 0 Å². The molecule has 1 aromatic carbocycles. The molecule has 98 valence electrons. The van der Waals surface area contributed by atoms with E-state index in [4.69, 9.17) is 17.3 Å². The number of para-hydroxylation sites is 1. The topological polar surface area (TPSA) is 55.0 Å². The standard InChI is InChI=1S/C14H15ClN4/c1-9-6-10-4-2-3-5-11(10)19(7-9)14-12(16)13(15)17-8-18-14/h2-5,8-9H,6-7,16H2,1H3. The van der Waals surface area contributed by atoms with Crippen molar-refractivity contribution in [1.82, 2.24) is 9.97 Å². The quantitative estimate of drug-likeness (QED) is 0.812. The van der Waals surface area contributed by atoms with Gasteiger partial charge in [-0.3, -0.25) is 0 Å². The molecular formula is C14H15ClN4. The molecular weight excluding hydrogens is 260 g/mol. The molecule has 0 radical (unpaired) electrons. The number of nitrogens with zero attached hydrogens (tertiary/aromatic N) is 3. The average molecular weight is 275 g/mol. The summed E-state index contributed by atoms with van der Waals surface area (Å²) in [7, 11) is 0. The van der Waals surface area contributed by atoms with Gasteiger partial charge < -0.3 is 10.6 Å². The van der Waals surface area contributed by atoms with E-state index in [2.05, 4.69) is 40.0 Å². The molecule has 0 saturated carbocycles. The number of nitrogens with two attached hydrogens (primary N) is 1. The van der Waals surface area contributed by atoms with Crippen LogP contribution in [0.15, 0.2) is 30.6 Å². The van der Waals surface area contributed by atoms with Crippen LogP contribution in [0.25, 0.3) is 0 Å². The maximum atomic E-state index is 6.02. The van der Waals surface area contributed by atoms with Gasteiger partial charge in [0, 0.05) is 12.2 Å². The fourth-order valence-corrected chi connectivity index (χ4v) is 2.71. The second-order valence-electron chi connectivity index (χ2n) is 4.95. The number of halogens is 1. The zero-order valence-electron chi connectivity index (χ0n) is 10.7. The highest BCUT2D eigenvalue weighted by molar-refractivity contribution is 6.32. The van der Waals surface area contributed by atoms with Crippen LogP contribution in [0.2, 0.25) is 5.15 Å². The summed E-state index contributed by atoms with van der Waals surface area (Å²) in [6.45, 7) is 3.11. The first-order chi connectivity index (χ1) is 9.16. The van der Waals surface area contributed by atoms with Crippen LogP contribution in [0.4, 0.5) is 17.2 Å². The predicted molar refractivity (Wildman–Crippen MR) is 77.8 cm³/mol. The Hall–Kier alpha value is -1.81. The van der Waals surface area contributed by atoms with Crippen LogP contribution in [-0.2, 0) is 6.42 Å². The van der Waals surface area contributed by atoms with Crippen molar-refractivity contribution in [3.8, 4) is 0 Å². The molecule has 1 aliphatic rings. The Morgan fingerprint density at radius 3 is 2.95 bits per heavy atom. The monoisotopic (exact) mass is 274 g/mol. The molecule has 0 bridgehead atoms. The number of aromatic nitrogens is 2. The summed E-state index contributed by atoms with van der Waals surface area (Å²) >= 11 is 5.99. The summed E-state index contributed by atoms with van der Waals surface area (Å²) in [5.41, 5.74) is 8.93. The number of hydrogen-bond acceptors (Lipinski definition) is 4. The number of fused-ring (bicyclic) bond motifs is 1. The zero-order valence-corrected chi connectivity index (χ0v) is 11.4. The Balaban J connectivity index is 2.13. The molecule has 5 heteroatoms. The van der Waals surface area contributed by atoms with Crippen molar-refractivity contribution in [2.24, 2.45) is 5.92 Å². The van der Waals surface area contributed by atoms with Gasteiger partial charge in [-0.2, -0.15) is 0 Å². The Morgan fingerprint density at radius 1 is 1.32 bits per heavy atom. The Morgan fingerprint density at radius 2 is 2.11 bits per heavy atom. The summed E-state index contributed by atoms with van der Waals surface area (Å²) in [4.78, 5) is 10.3. The molecule has 19 heavy (non-hydrogen) atoms. The summed E-state index contributed by atoms with van der Waals surface area (Å²) in [5.74, 6) is 1.24. The van der Waals surface area contributed by atoms with Gasteiger partial charge in [0.05, 0.1) is 0 Å². The van der Waals surface area contributed by atoms with Crippen molar-refractivity contribution >= 4 is 28.8 Å². The number of nitrogen functional groups attached to an aromatic ring is 1. The van der Waals surface area contributed by atoms with E-state index in [0.717, 1.165) is 18.7 Å².